The van der Waals surface area contributed by atoms with E-state index in [0.717, 1.165) is 35.2 Å². The molecule has 6 rings (SSSR count). The van der Waals surface area contributed by atoms with Crippen molar-refractivity contribution in [2.75, 3.05) is 13.1 Å². The van der Waals surface area contributed by atoms with Crippen LogP contribution in [0.5, 0.6) is 5.88 Å². The van der Waals surface area contributed by atoms with Crippen molar-refractivity contribution >= 4 is 50.0 Å². The number of carbonyl (C=O) groups is 1. The Bertz CT molecular complexity index is 1610. The van der Waals surface area contributed by atoms with Crippen LogP contribution in [0.1, 0.15) is 28.4 Å². The monoisotopic (exact) mass is 579 g/mol. The number of nitrogens with zero attached hydrogens (tertiary/aromatic N) is 5. The predicted molar refractivity (Wildman–Crippen MR) is 145 cm³/mol. The second-order valence-corrected chi connectivity index (χ2v) is 11.0. The molecule has 0 aliphatic carbocycles. The fourth-order valence-electron chi connectivity index (χ4n) is 5.59. The molecule has 2 aliphatic heterocycles. The number of hydrogen-bond acceptors (Lipinski definition) is 5. The van der Waals surface area contributed by atoms with Crippen molar-refractivity contribution in [2.24, 2.45) is 16.1 Å². The quantitative estimate of drug-likeness (QED) is 0.303. The van der Waals surface area contributed by atoms with Crippen LogP contribution in [0.15, 0.2) is 80.2 Å². The number of likely N-dealkylation sites (tertiary alicyclic amines) is 1. The number of halogens is 2. The minimum absolute atomic E-state index is 0.0480. The molecule has 37 heavy (non-hydrogen) atoms. The second-order valence-electron chi connectivity index (χ2n) is 9.65. The summed E-state index contributed by atoms with van der Waals surface area (Å²) >= 11 is 9.41. The zero-order valence-corrected chi connectivity index (χ0v) is 22.1. The van der Waals surface area contributed by atoms with Gasteiger partial charge < -0.3 is 9.67 Å². The molecule has 2 bridgehead atoms. The van der Waals surface area contributed by atoms with Gasteiger partial charge in [-0.3, -0.25) is 19.1 Å². The largest absolute Gasteiger partial charge is 0.493 e. The minimum atomic E-state index is -0.523. The Morgan fingerprint density at radius 1 is 1.08 bits per heavy atom. The molecule has 2 aromatic heterocycles. The first-order valence-electron chi connectivity index (χ1n) is 12.0. The average Bonchev–Trinajstić information content (AvgIpc) is 3.13. The van der Waals surface area contributed by atoms with Gasteiger partial charge in [0, 0.05) is 57.8 Å². The van der Waals surface area contributed by atoms with Crippen molar-refractivity contribution in [3.8, 4) is 5.88 Å². The van der Waals surface area contributed by atoms with Crippen LogP contribution in [0.25, 0.3) is 10.9 Å². The van der Waals surface area contributed by atoms with Crippen LogP contribution in [0.3, 0.4) is 0 Å². The lowest BCUT2D eigenvalue weighted by molar-refractivity contribution is 0.0922. The number of piperidine rings is 1. The third kappa shape index (κ3) is 4.52. The Labute approximate surface area is 225 Å². The maximum Gasteiger partial charge on any atom is 0.295 e. The van der Waals surface area contributed by atoms with Gasteiger partial charge in [0.2, 0.25) is 5.88 Å². The van der Waals surface area contributed by atoms with E-state index in [9.17, 15) is 14.7 Å². The average molecular weight is 581 g/mol. The van der Waals surface area contributed by atoms with Crippen LogP contribution >= 0.6 is 27.5 Å². The first-order valence-corrected chi connectivity index (χ1v) is 13.2. The Morgan fingerprint density at radius 2 is 1.89 bits per heavy atom. The highest BCUT2D eigenvalue weighted by Crippen LogP contribution is 2.41. The molecule has 10 heteroatoms. The molecule has 0 spiro atoms. The van der Waals surface area contributed by atoms with E-state index in [0.29, 0.717) is 35.1 Å². The number of azo groups is 1. The highest BCUT2D eigenvalue weighted by atomic mass is 79.9. The summed E-state index contributed by atoms with van der Waals surface area (Å²) in [5, 5.41) is 20.5. The van der Waals surface area contributed by atoms with E-state index in [1.807, 2.05) is 39.5 Å². The van der Waals surface area contributed by atoms with Gasteiger partial charge in [0.25, 0.3) is 11.5 Å². The summed E-state index contributed by atoms with van der Waals surface area (Å²) in [5.41, 5.74) is 2.53. The first-order chi connectivity index (χ1) is 17.9. The molecule has 1 N–H and O–H groups in total. The van der Waals surface area contributed by atoms with E-state index in [-0.39, 0.29) is 23.0 Å². The number of carbonyl (C=O) groups excluding carboxylic acids is 1. The second kappa shape index (κ2) is 9.55. The standard InChI is InChI=1S/C27H23BrClN5O3/c28-19-6-9-23-21(11-19)25(30-31-26(36)17-4-7-20(29)8-5-17)27(37)34(23)15-32-12-16-10-18(14-32)22-2-1-3-24(35)33(22)13-16/h1-9,11,16,18,37H,10,12-15H2/t16-,18+/m0/s1. The van der Waals surface area contributed by atoms with Crippen LogP contribution < -0.4 is 5.56 Å². The number of fused-ring (bicyclic) bond motifs is 5. The van der Waals surface area contributed by atoms with Crippen molar-refractivity contribution < 1.29 is 9.90 Å². The summed E-state index contributed by atoms with van der Waals surface area (Å²) in [6.07, 6.45) is 1.05. The molecule has 2 aromatic carbocycles. The lowest BCUT2D eigenvalue weighted by Gasteiger charge is -2.42. The fourth-order valence-corrected chi connectivity index (χ4v) is 6.08. The van der Waals surface area contributed by atoms with Crippen LogP contribution in [0.4, 0.5) is 5.69 Å². The van der Waals surface area contributed by atoms with Gasteiger partial charge in [0.1, 0.15) is 0 Å². The summed E-state index contributed by atoms with van der Waals surface area (Å²) in [5.74, 6) is 0.0501. The number of pyridine rings is 1. The van der Waals surface area contributed by atoms with E-state index >= 15 is 0 Å². The zero-order valence-electron chi connectivity index (χ0n) is 19.7. The highest BCUT2D eigenvalue weighted by molar-refractivity contribution is 9.10. The first kappa shape index (κ1) is 24.1. The van der Waals surface area contributed by atoms with Crippen molar-refractivity contribution in [3.05, 3.63) is 91.8 Å². The van der Waals surface area contributed by atoms with Crippen LogP contribution in [-0.2, 0) is 13.2 Å². The molecule has 1 amide bonds. The lowest BCUT2D eigenvalue weighted by atomic mass is 9.83. The Morgan fingerprint density at radius 3 is 2.70 bits per heavy atom. The molecule has 2 atom stereocenters. The van der Waals surface area contributed by atoms with Crippen molar-refractivity contribution in [3.63, 3.8) is 0 Å². The molecule has 4 aromatic rings. The number of amides is 1. The van der Waals surface area contributed by atoms with E-state index in [4.69, 9.17) is 11.6 Å². The van der Waals surface area contributed by atoms with Gasteiger partial charge in [0.15, 0.2) is 5.69 Å². The minimum Gasteiger partial charge on any atom is -0.493 e. The van der Waals surface area contributed by atoms with E-state index < -0.39 is 5.91 Å². The lowest BCUT2D eigenvalue weighted by Crippen LogP contribution is -2.47. The van der Waals surface area contributed by atoms with Gasteiger partial charge in [-0.25, -0.2) is 0 Å². The van der Waals surface area contributed by atoms with Gasteiger partial charge in [-0.1, -0.05) is 33.6 Å². The highest BCUT2D eigenvalue weighted by Gasteiger charge is 2.35. The molecule has 0 saturated carbocycles. The van der Waals surface area contributed by atoms with Gasteiger partial charge in [-0.2, -0.15) is 0 Å². The molecule has 4 heterocycles. The molecule has 1 saturated heterocycles. The molecular formula is C27H23BrClN5O3. The normalized spacial score (nSPS) is 19.4. The van der Waals surface area contributed by atoms with Crippen molar-refractivity contribution in [1.29, 1.82) is 0 Å². The van der Waals surface area contributed by atoms with E-state index in [1.54, 1.807) is 30.3 Å². The summed E-state index contributed by atoms with van der Waals surface area (Å²) in [7, 11) is 0. The summed E-state index contributed by atoms with van der Waals surface area (Å²) in [6, 6.07) is 17.6. The molecule has 8 nitrogen and oxygen atoms in total. The van der Waals surface area contributed by atoms with Gasteiger partial charge in [-0.05, 0) is 60.9 Å². The van der Waals surface area contributed by atoms with Gasteiger partial charge in [0.05, 0.1) is 12.2 Å². The maximum absolute atomic E-state index is 12.6. The number of benzene rings is 2. The molecule has 188 valence electrons. The molecule has 0 unspecified atom stereocenters. The van der Waals surface area contributed by atoms with Gasteiger partial charge >= 0.3 is 0 Å². The Hall–Kier alpha value is -3.27. The fraction of sp³-hybridized carbons (Fsp3) is 0.259. The van der Waals surface area contributed by atoms with Crippen LogP contribution in [0.2, 0.25) is 5.02 Å². The molecule has 2 aliphatic rings. The number of rotatable bonds is 4. The number of aromatic hydroxyl groups is 1. The molecule has 0 radical (unpaired) electrons. The smallest absolute Gasteiger partial charge is 0.295 e. The van der Waals surface area contributed by atoms with E-state index in [2.05, 4.69) is 31.1 Å². The zero-order chi connectivity index (χ0) is 25.7. The predicted octanol–water partition coefficient (Wildman–Crippen LogP) is 5.93. The Kier molecular flexibility index (Phi) is 6.22. The Balaban J connectivity index is 1.31. The topological polar surface area (TPSA) is 92.2 Å². The number of aromatic nitrogens is 2. The molecule has 1 fully saturated rings. The summed E-state index contributed by atoms with van der Waals surface area (Å²) < 4.78 is 4.54. The SMILES string of the molecule is O=C(N=Nc1c(O)n(CN2C[C@@H]3C[C@H](C2)c2cccc(=O)n2C3)c2ccc(Br)cc12)c1ccc(Cl)cc1. The van der Waals surface area contributed by atoms with Crippen molar-refractivity contribution in [1.82, 2.24) is 14.0 Å². The van der Waals surface area contributed by atoms with Crippen LogP contribution in [-0.4, -0.2) is 38.1 Å². The third-order valence-electron chi connectivity index (χ3n) is 7.20. The van der Waals surface area contributed by atoms with Crippen LogP contribution in [0, 0.1) is 5.92 Å². The van der Waals surface area contributed by atoms with Crippen molar-refractivity contribution in [2.45, 2.75) is 25.6 Å². The number of hydrogen-bond donors (Lipinski definition) is 1. The molecular weight excluding hydrogens is 558 g/mol. The van der Waals surface area contributed by atoms with Gasteiger partial charge in [-0.15, -0.1) is 10.2 Å². The van der Waals surface area contributed by atoms with E-state index in [1.165, 1.54) is 0 Å². The summed E-state index contributed by atoms with van der Waals surface area (Å²) in [6.45, 7) is 2.76. The maximum atomic E-state index is 12.6. The third-order valence-corrected chi connectivity index (χ3v) is 7.95. The summed E-state index contributed by atoms with van der Waals surface area (Å²) in [4.78, 5) is 27.2.